The van der Waals surface area contributed by atoms with Gasteiger partial charge in [-0.3, -0.25) is 0 Å². The van der Waals surface area contributed by atoms with E-state index in [1.54, 1.807) is 0 Å². The van der Waals surface area contributed by atoms with E-state index in [4.69, 9.17) is 0 Å². The van der Waals surface area contributed by atoms with Crippen LogP contribution in [-0.2, 0) is 6.42 Å². The SMILES string of the molecule is CCNc1nc(C)nc(NCCc2ccccc2C)c1C. The Morgan fingerprint density at radius 1 is 0.952 bits per heavy atom. The number of hydrogen-bond acceptors (Lipinski definition) is 4. The number of nitrogens with zero attached hydrogens (tertiary/aromatic N) is 2. The largest absolute Gasteiger partial charge is 0.370 e. The van der Waals surface area contributed by atoms with Crippen molar-refractivity contribution in [2.45, 2.75) is 34.1 Å². The molecule has 0 saturated carbocycles. The molecule has 1 aromatic carbocycles. The van der Waals surface area contributed by atoms with Gasteiger partial charge in [-0.25, -0.2) is 9.97 Å². The van der Waals surface area contributed by atoms with Crippen LogP contribution in [0.25, 0.3) is 0 Å². The molecular weight excluding hydrogens is 260 g/mol. The molecule has 0 aliphatic carbocycles. The van der Waals surface area contributed by atoms with E-state index in [-0.39, 0.29) is 0 Å². The Hall–Kier alpha value is -2.10. The number of rotatable bonds is 6. The maximum absolute atomic E-state index is 4.51. The maximum Gasteiger partial charge on any atom is 0.134 e. The molecule has 0 unspecified atom stereocenters. The summed E-state index contributed by atoms with van der Waals surface area (Å²) in [6.07, 6.45) is 0.992. The first-order chi connectivity index (χ1) is 10.1. The lowest BCUT2D eigenvalue weighted by Gasteiger charge is -2.14. The molecule has 112 valence electrons. The summed E-state index contributed by atoms with van der Waals surface area (Å²) in [5, 5.41) is 6.72. The molecule has 0 aliphatic rings. The standard InChI is InChI=1S/C17H24N4/c1-5-18-16-13(3)17(21-14(4)20-16)19-11-10-15-9-7-6-8-12(15)2/h6-9H,5,10-11H2,1-4H3,(H2,18,19,20,21). The number of benzene rings is 1. The lowest BCUT2D eigenvalue weighted by atomic mass is 10.1. The van der Waals surface area contributed by atoms with E-state index in [0.717, 1.165) is 42.5 Å². The van der Waals surface area contributed by atoms with Gasteiger partial charge in [-0.15, -0.1) is 0 Å². The monoisotopic (exact) mass is 284 g/mol. The molecule has 0 bridgehead atoms. The quantitative estimate of drug-likeness (QED) is 0.852. The van der Waals surface area contributed by atoms with Crippen LogP contribution in [0, 0.1) is 20.8 Å². The van der Waals surface area contributed by atoms with E-state index in [1.165, 1.54) is 11.1 Å². The van der Waals surface area contributed by atoms with Crippen LogP contribution in [0.3, 0.4) is 0 Å². The second-order valence-electron chi connectivity index (χ2n) is 5.23. The van der Waals surface area contributed by atoms with Crippen molar-refractivity contribution in [2.75, 3.05) is 23.7 Å². The first-order valence-corrected chi connectivity index (χ1v) is 7.49. The normalized spacial score (nSPS) is 10.5. The Labute approximate surface area is 127 Å². The molecule has 2 aromatic rings. The van der Waals surface area contributed by atoms with Crippen molar-refractivity contribution in [3.05, 3.63) is 46.8 Å². The summed E-state index contributed by atoms with van der Waals surface area (Å²) in [5.41, 5.74) is 3.79. The lowest BCUT2D eigenvalue weighted by Crippen LogP contribution is -2.12. The third-order valence-electron chi connectivity index (χ3n) is 3.55. The minimum atomic E-state index is 0.787. The van der Waals surface area contributed by atoms with Gasteiger partial charge in [-0.05, 0) is 45.2 Å². The van der Waals surface area contributed by atoms with Crippen LogP contribution in [0.1, 0.15) is 29.4 Å². The predicted molar refractivity (Wildman–Crippen MR) is 89.0 cm³/mol. The van der Waals surface area contributed by atoms with Crippen LogP contribution in [0.4, 0.5) is 11.6 Å². The van der Waals surface area contributed by atoms with E-state index in [9.17, 15) is 0 Å². The molecule has 0 fully saturated rings. The molecular formula is C17H24N4. The topological polar surface area (TPSA) is 49.8 Å². The molecule has 0 aliphatic heterocycles. The van der Waals surface area contributed by atoms with Crippen molar-refractivity contribution >= 4 is 11.6 Å². The molecule has 0 spiro atoms. The van der Waals surface area contributed by atoms with Crippen LogP contribution < -0.4 is 10.6 Å². The number of anilines is 2. The number of hydrogen-bond donors (Lipinski definition) is 2. The summed E-state index contributed by atoms with van der Waals surface area (Å²) >= 11 is 0. The Kier molecular flexibility index (Phi) is 5.14. The van der Waals surface area contributed by atoms with E-state index in [2.05, 4.69) is 58.7 Å². The van der Waals surface area contributed by atoms with E-state index >= 15 is 0 Å². The summed E-state index contributed by atoms with van der Waals surface area (Å²) in [6.45, 7) is 9.93. The van der Waals surface area contributed by atoms with Crippen molar-refractivity contribution in [2.24, 2.45) is 0 Å². The molecule has 1 heterocycles. The molecule has 2 N–H and O–H groups in total. The van der Waals surface area contributed by atoms with Gasteiger partial charge in [-0.2, -0.15) is 0 Å². The smallest absolute Gasteiger partial charge is 0.134 e. The summed E-state index contributed by atoms with van der Waals surface area (Å²) in [6, 6.07) is 8.50. The minimum Gasteiger partial charge on any atom is -0.370 e. The van der Waals surface area contributed by atoms with Gasteiger partial charge < -0.3 is 10.6 Å². The highest BCUT2D eigenvalue weighted by Gasteiger charge is 2.08. The zero-order valence-electron chi connectivity index (χ0n) is 13.3. The molecule has 4 heteroatoms. The Balaban J connectivity index is 2.05. The molecule has 21 heavy (non-hydrogen) atoms. The Morgan fingerprint density at radius 3 is 2.29 bits per heavy atom. The highest BCUT2D eigenvalue weighted by Crippen LogP contribution is 2.19. The molecule has 2 rings (SSSR count). The van der Waals surface area contributed by atoms with Gasteiger partial charge in [0.2, 0.25) is 0 Å². The van der Waals surface area contributed by atoms with Gasteiger partial charge in [-0.1, -0.05) is 24.3 Å². The zero-order chi connectivity index (χ0) is 15.2. The van der Waals surface area contributed by atoms with Crippen molar-refractivity contribution in [3.8, 4) is 0 Å². The zero-order valence-corrected chi connectivity index (χ0v) is 13.3. The number of aromatic nitrogens is 2. The summed E-state index contributed by atoms with van der Waals surface area (Å²) < 4.78 is 0. The summed E-state index contributed by atoms with van der Waals surface area (Å²) in [7, 11) is 0. The fourth-order valence-electron chi connectivity index (χ4n) is 2.35. The van der Waals surface area contributed by atoms with Crippen LogP contribution in [0.15, 0.2) is 24.3 Å². The second-order valence-corrected chi connectivity index (χ2v) is 5.23. The van der Waals surface area contributed by atoms with Gasteiger partial charge in [0.25, 0.3) is 0 Å². The molecule has 0 amide bonds. The third kappa shape index (κ3) is 3.94. The van der Waals surface area contributed by atoms with Crippen molar-refractivity contribution < 1.29 is 0 Å². The first kappa shape index (κ1) is 15.3. The van der Waals surface area contributed by atoms with Gasteiger partial charge >= 0.3 is 0 Å². The van der Waals surface area contributed by atoms with Crippen molar-refractivity contribution in [3.63, 3.8) is 0 Å². The maximum atomic E-state index is 4.51. The van der Waals surface area contributed by atoms with Gasteiger partial charge in [0.1, 0.15) is 17.5 Å². The number of aryl methyl sites for hydroxylation is 2. The van der Waals surface area contributed by atoms with Crippen LogP contribution in [0.5, 0.6) is 0 Å². The predicted octanol–water partition coefficient (Wildman–Crippen LogP) is 3.49. The van der Waals surface area contributed by atoms with Crippen molar-refractivity contribution in [1.29, 1.82) is 0 Å². The molecule has 0 radical (unpaired) electrons. The van der Waals surface area contributed by atoms with Crippen LogP contribution in [-0.4, -0.2) is 23.1 Å². The average Bonchev–Trinajstić information content (AvgIpc) is 2.46. The number of nitrogens with one attached hydrogen (secondary N) is 2. The minimum absolute atomic E-state index is 0.787. The van der Waals surface area contributed by atoms with E-state index in [1.807, 2.05) is 13.8 Å². The Bertz CT molecular complexity index is 608. The summed E-state index contributed by atoms with van der Waals surface area (Å²) in [4.78, 5) is 8.95. The van der Waals surface area contributed by atoms with Gasteiger partial charge in [0.15, 0.2) is 0 Å². The van der Waals surface area contributed by atoms with E-state index < -0.39 is 0 Å². The molecule has 0 atom stereocenters. The van der Waals surface area contributed by atoms with Crippen LogP contribution >= 0.6 is 0 Å². The van der Waals surface area contributed by atoms with Crippen LogP contribution in [0.2, 0.25) is 0 Å². The van der Waals surface area contributed by atoms with Crippen molar-refractivity contribution in [1.82, 2.24) is 9.97 Å². The molecule has 0 saturated heterocycles. The first-order valence-electron chi connectivity index (χ1n) is 7.49. The fourth-order valence-corrected chi connectivity index (χ4v) is 2.35. The third-order valence-corrected chi connectivity index (χ3v) is 3.55. The van der Waals surface area contributed by atoms with E-state index in [0.29, 0.717) is 0 Å². The summed E-state index contributed by atoms with van der Waals surface area (Å²) in [5.74, 6) is 2.63. The lowest BCUT2D eigenvalue weighted by molar-refractivity contribution is 0.960. The highest BCUT2D eigenvalue weighted by molar-refractivity contribution is 5.57. The average molecular weight is 284 g/mol. The fraction of sp³-hybridized carbons (Fsp3) is 0.412. The Morgan fingerprint density at radius 2 is 1.62 bits per heavy atom. The molecule has 4 nitrogen and oxygen atoms in total. The highest BCUT2D eigenvalue weighted by atomic mass is 15.1. The second kappa shape index (κ2) is 7.07. The van der Waals surface area contributed by atoms with Gasteiger partial charge in [0.05, 0.1) is 0 Å². The molecule has 1 aromatic heterocycles. The van der Waals surface area contributed by atoms with Gasteiger partial charge in [0, 0.05) is 18.7 Å².